The smallest absolute Gasteiger partial charge is 0.123 e. The van der Waals surface area contributed by atoms with Crippen molar-refractivity contribution >= 4 is 0 Å². The second kappa shape index (κ2) is 11.8. The molecule has 6 nitrogen and oxygen atoms in total. The third kappa shape index (κ3) is 5.12. The summed E-state index contributed by atoms with van der Waals surface area (Å²) < 4.78 is 0. The van der Waals surface area contributed by atoms with Gasteiger partial charge in [-0.25, -0.2) is 9.97 Å². The molecule has 2 aliphatic carbocycles. The lowest BCUT2D eigenvalue weighted by atomic mass is 9.73. The van der Waals surface area contributed by atoms with E-state index in [0.717, 1.165) is 49.0 Å². The Morgan fingerprint density at radius 1 is 0.620 bits per heavy atom. The molecular weight excluding hydrogens is 613 g/mol. The summed E-state index contributed by atoms with van der Waals surface area (Å²) in [6.07, 6.45) is 13.5. The van der Waals surface area contributed by atoms with Crippen LogP contribution in [0.2, 0.25) is 0 Å². The monoisotopic (exact) mass is 664 g/mol. The van der Waals surface area contributed by atoms with Gasteiger partial charge in [-0.3, -0.25) is 9.80 Å². The molecule has 2 aromatic heterocycles. The Labute approximate surface area is 297 Å². The second-order valence-electron chi connectivity index (χ2n) is 17.0. The predicted octanol–water partition coefficient (Wildman–Crippen LogP) is 9.78. The van der Waals surface area contributed by atoms with E-state index in [2.05, 4.69) is 110 Å². The summed E-state index contributed by atoms with van der Waals surface area (Å²) >= 11 is 0. The Morgan fingerprint density at radius 3 is 1.44 bits per heavy atom. The van der Waals surface area contributed by atoms with Crippen LogP contribution in [-0.4, -0.2) is 56.9 Å². The van der Waals surface area contributed by atoms with Crippen LogP contribution >= 0.6 is 0 Å². The van der Waals surface area contributed by atoms with E-state index < -0.39 is 0 Å². The molecule has 2 fully saturated rings. The summed E-state index contributed by atoms with van der Waals surface area (Å²) in [6, 6.07) is 19.4. The van der Waals surface area contributed by atoms with Crippen molar-refractivity contribution in [3.63, 3.8) is 0 Å². The average molecular weight is 665 g/mol. The number of imidazole rings is 2. The van der Waals surface area contributed by atoms with Crippen molar-refractivity contribution in [1.82, 2.24) is 29.7 Å². The first-order valence-corrected chi connectivity index (χ1v) is 19.0. The fourth-order valence-corrected chi connectivity index (χ4v) is 10.1. The van der Waals surface area contributed by atoms with Crippen LogP contribution in [0, 0.1) is 0 Å². The van der Waals surface area contributed by atoms with Gasteiger partial charge in [0.25, 0.3) is 0 Å². The van der Waals surface area contributed by atoms with Crippen molar-refractivity contribution in [2.75, 3.05) is 27.2 Å². The third-order valence-electron chi connectivity index (χ3n) is 12.8. The van der Waals surface area contributed by atoms with Crippen LogP contribution in [0.4, 0.5) is 0 Å². The molecule has 1 unspecified atom stereocenters. The summed E-state index contributed by atoms with van der Waals surface area (Å²) in [5, 5.41) is 0. The molecule has 0 radical (unpaired) electrons. The number of hydrogen-bond acceptors (Lipinski definition) is 4. The molecular formula is C44H52N6. The number of likely N-dealkylation sites (tertiary alicyclic amines) is 2. The van der Waals surface area contributed by atoms with Crippen LogP contribution < -0.4 is 0 Å². The van der Waals surface area contributed by atoms with E-state index in [0.29, 0.717) is 12.1 Å². The summed E-state index contributed by atoms with van der Waals surface area (Å²) in [4.78, 5) is 22.0. The van der Waals surface area contributed by atoms with E-state index in [1.54, 1.807) is 22.3 Å². The van der Waals surface area contributed by atoms with Gasteiger partial charge in [-0.2, -0.15) is 0 Å². The van der Waals surface area contributed by atoms with Gasteiger partial charge in [-0.1, -0.05) is 64.1 Å². The van der Waals surface area contributed by atoms with E-state index in [1.807, 2.05) is 12.4 Å². The van der Waals surface area contributed by atoms with Crippen LogP contribution in [0.15, 0.2) is 60.9 Å². The Kier molecular flexibility index (Phi) is 7.53. The highest BCUT2D eigenvalue weighted by Gasteiger charge is 2.43. The van der Waals surface area contributed by atoms with Gasteiger partial charge in [0.05, 0.1) is 35.9 Å². The SMILES string of the molecule is CN1CCCC1c1ncc(-c2cccc(-c3c4c(c(-c5cccc(-c6cnc([C@@H]7CCCN7C)[nH]6)c5)c5c3C(C)(C)CC5)C(C)(C)CC4)c2)[nH]1. The number of benzene rings is 3. The van der Waals surface area contributed by atoms with Gasteiger partial charge in [0.2, 0.25) is 0 Å². The van der Waals surface area contributed by atoms with E-state index in [-0.39, 0.29) is 10.8 Å². The molecule has 2 aliphatic heterocycles. The molecule has 2 saturated heterocycles. The first-order valence-electron chi connectivity index (χ1n) is 19.0. The number of hydrogen-bond donors (Lipinski definition) is 2. The lowest BCUT2D eigenvalue weighted by Gasteiger charge is -2.31. The molecule has 0 bridgehead atoms. The Balaban J connectivity index is 1.17. The van der Waals surface area contributed by atoms with Gasteiger partial charge in [0, 0.05) is 11.1 Å². The lowest BCUT2D eigenvalue weighted by molar-refractivity contribution is 0.307. The number of aromatic amines is 2. The van der Waals surface area contributed by atoms with Crippen molar-refractivity contribution in [3.8, 4) is 44.8 Å². The van der Waals surface area contributed by atoms with Gasteiger partial charge in [0.1, 0.15) is 11.6 Å². The number of nitrogens with one attached hydrogen (secondary N) is 2. The minimum absolute atomic E-state index is 0.0919. The minimum atomic E-state index is 0.0919. The quantitative estimate of drug-likeness (QED) is 0.190. The topological polar surface area (TPSA) is 63.8 Å². The average Bonchev–Trinajstić information content (AvgIpc) is 3.96. The molecule has 9 rings (SSSR count). The Bertz CT molecular complexity index is 1950. The van der Waals surface area contributed by atoms with Crippen molar-refractivity contribution in [3.05, 3.63) is 94.8 Å². The first-order chi connectivity index (χ1) is 24.1. The lowest BCUT2D eigenvalue weighted by Crippen LogP contribution is -2.18. The highest BCUT2D eigenvalue weighted by Crippen LogP contribution is 2.56. The second-order valence-corrected chi connectivity index (χ2v) is 17.0. The Hall–Kier alpha value is -4.00. The van der Waals surface area contributed by atoms with Gasteiger partial charge in [0.15, 0.2) is 0 Å². The summed E-state index contributed by atoms with van der Waals surface area (Å²) in [5.41, 5.74) is 16.8. The zero-order chi connectivity index (χ0) is 34.4. The molecule has 6 heteroatoms. The van der Waals surface area contributed by atoms with Gasteiger partial charge < -0.3 is 9.97 Å². The maximum absolute atomic E-state index is 4.88. The molecule has 3 aromatic carbocycles. The van der Waals surface area contributed by atoms with E-state index in [4.69, 9.17) is 9.97 Å². The predicted molar refractivity (Wildman–Crippen MR) is 204 cm³/mol. The summed E-state index contributed by atoms with van der Waals surface area (Å²) in [5.74, 6) is 2.19. The van der Waals surface area contributed by atoms with Crippen LogP contribution in [0.5, 0.6) is 0 Å². The third-order valence-corrected chi connectivity index (χ3v) is 12.8. The van der Waals surface area contributed by atoms with Crippen LogP contribution in [0.3, 0.4) is 0 Å². The largest absolute Gasteiger partial charge is 0.341 e. The van der Waals surface area contributed by atoms with Crippen molar-refractivity contribution in [1.29, 1.82) is 0 Å². The Morgan fingerprint density at radius 2 is 1.04 bits per heavy atom. The van der Waals surface area contributed by atoms with Crippen LogP contribution in [0.25, 0.3) is 44.8 Å². The molecule has 50 heavy (non-hydrogen) atoms. The maximum atomic E-state index is 4.88. The standard InChI is InChI=1S/C44H52N6/c1-43(2)19-17-31-38(30-14-8-12-28(24-30)34-26-46-42(48-34)36-16-10-22-50(36)6)40-32(18-20-44(40,3)4)37(39(31)43)29-13-7-11-27(23-29)33-25-45-41(47-33)35-15-9-21-49(35)5/h7-8,11-14,23-26,35-36H,9-10,15-22H2,1-6H3,(H,45,47)(H,46,48)/t35-,36?/m0/s1. The molecule has 2 atom stereocenters. The van der Waals surface area contributed by atoms with Gasteiger partial charge in [-0.15, -0.1) is 0 Å². The molecule has 2 N–H and O–H groups in total. The number of nitrogens with zero attached hydrogens (tertiary/aromatic N) is 4. The zero-order valence-corrected chi connectivity index (χ0v) is 30.8. The highest BCUT2D eigenvalue weighted by atomic mass is 15.2. The van der Waals surface area contributed by atoms with Gasteiger partial charge in [-0.05, 0) is 146 Å². The highest BCUT2D eigenvalue weighted by molar-refractivity contribution is 5.89. The number of rotatable bonds is 6. The molecule has 0 amide bonds. The minimum Gasteiger partial charge on any atom is -0.341 e. The molecule has 0 spiro atoms. The normalized spacial score (nSPS) is 22.8. The first kappa shape index (κ1) is 31.9. The van der Waals surface area contributed by atoms with Crippen LogP contribution in [0.1, 0.15) is 112 Å². The summed E-state index contributed by atoms with van der Waals surface area (Å²) in [7, 11) is 4.43. The zero-order valence-electron chi connectivity index (χ0n) is 30.8. The van der Waals surface area contributed by atoms with Gasteiger partial charge >= 0.3 is 0 Å². The molecule has 0 saturated carbocycles. The van der Waals surface area contributed by atoms with Crippen molar-refractivity contribution < 1.29 is 0 Å². The maximum Gasteiger partial charge on any atom is 0.123 e. The van der Waals surface area contributed by atoms with E-state index in [1.165, 1.54) is 71.9 Å². The summed E-state index contributed by atoms with van der Waals surface area (Å²) in [6.45, 7) is 12.2. The fourth-order valence-electron chi connectivity index (χ4n) is 10.1. The molecule has 4 aliphatic rings. The molecule has 5 aromatic rings. The number of fused-ring (bicyclic) bond motifs is 2. The van der Waals surface area contributed by atoms with Crippen molar-refractivity contribution in [2.45, 2.75) is 102 Å². The number of H-pyrrole nitrogens is 2. The molecule has 258 valence electrons. The van der Waals surface area contributed by atoms with E-state index >= 15 is 0 Å². The molecule has 4 heterocycles. The van der Waals surface area contributed by atoms with Crippen LogP contribution in [-0.2, 0) is 23.7 Å². The fraction of sp³-hybridized carbons (Fsp3) is 0.455. The number of aromatic nitrogens is 4. The van der Waals surface area contributed by atoms with E-state index in [9.17, 15) is 0 Å². The van der Waals surface area contributed by atoms with Crippen molar-refractivity contribution in [2.24, 2.45) is 0 Å².